The lowest BCUT2D eigenvalue weighted by molar-refractivity contribution is -0.186. The van der Waals surface area contributed by atoms with Crippen molar-refractivity contribution < 1.29 is 14.3 Å². The Balaban J connectivity index is 1.78. The Bertz CT molecular complexity index is 405. The summed E-state index contributed by atoms with van der Waals surface area (Å²) >= 11 is 0. The molecule has 3 heteroatoms. The van der Waals surface area contributed by atoms with E-state index in [4.69, 9.17) is 4.74 Å². The molecule has 0 amide bonds. The predicted molar refractivity (Wildman–Crippen MR) is 66.8 cm³/mol. The van der Waals surface area contributed by atoms with Crippen LogP contribution in [0.15, 0.2) is 12.2 Å². The fourth-order valence-corrected chi connectivity index (χ4v) is 4.21. The molecule has 4 aliphatic carbocycles. The Labute approximate surface area is 108 Å². The highest BCUT2D eigenvalue weighted by Gasteiger charge is 2.57. The molecule has 2 atom stereocenters. The molecule has 3 nitrogen and oxygen atoms in total. The lowest BCUT2D eigenvalue weighted by Crippen LogP contribution is -2.56. The van der Waals surface area contributed by atoms with Gasteiger partial charge in [-0.05, 0) is 44.4 Å². The molecule has 0 spiro atoms. The molecule has 18 heavy (non-hydrogen) atoms. The maximum Gasteiger partial charge on any atom is 0.333 e. The molecular weight excluding hydrogens is 228 g/mol. The van der Waals surface area contributed by atoms with Crippen LogP contribution in [0.2, 0.25) is 0 Å². The van der Waals surface area contributed by atoms with Gasteiger partial charge in [-0.25, -0.2) is 4.79 Å². The second-order valence-electron chi connectivity index (χ2n) is 6.28. The number of hydrogen-bond donors (Lipinski definition) is 0. The average molecular weight is 248 g/mol. The summed E-state index contributed by atoms with van der Waals surface area (Å²) in [6.07, 6.45) is 5.12. The molecule has 0 N–H and O–H groups in total. The van der Waals surface area contributed by atoms with E-state index < -0.39 is 0 Å². The van der Waals surface area contributed by atoms with Gasteiger partial charge in [-0.3, -0.25) is 4.79 Å². The molecule has 4 bridgehead atoms. The SMILES string of the molecule is C=C(CC)C(=O)OC12CC3CC(C1)C(=O)C(C3)C2. The highest BCUT2D eigenvalue weighted by molar-refractivity contribution is 5.89. The van der Waals surface area contributed by atoms with Crippen LogP contribution in [0.5, 0.6) is 0 Å². The molecule has 0 heterocycles. The van der Waals surface area contributed by atoms with Gasteiger partial charge >= 0.3 is 5.97 Å². The Morgan fingerprint density at radius 1 is 1.33 bits per heavy atom. The van der Waals surface area contributed by atoms with Crippen LogP contribution in [0.3, 0.4) is 0 Å². The van der Waals surface area contributed by atoms with Crippen molar-refractivity contribution in [3.63, 3.8) is 0 Å². The lowest BCUT2D eigenvalue weighted by atomic mass is 9.53. The number of carbonyl (C=O) groups excluding carboxylic acids is 2. The topological polar surface area (TPSA) is 43.4 Å². The molecule has 4 fully saturated rings. The molecule has 4 rings (SSSR count). The van der Waals surface area contributed by atoms with Crippen LogP contribution in [0, 0.1) is 17.8 Å². The van der Waals surface area contributed by atoms with E-state index >= 15 is 0 Å². The normalized spacial score (nSPS) is 40.9. The Hall–Kier alpha value is -1.12. The van der Waals surface area contributed by atoms with Crippen LogP contribution in [0.1, 0.15) is 45.4 Å². The molecule has 0 aromatic carbocycles. The van der Waals surface area contributed by atoms with Gasteiger partial charge in [0, 0.05) is 17.4 Å². The number of rotatable bonds is 3. The van der Waals surface area contributed by atoms with Gasteiger partial charge in [0.25, 0.3) is 0 Å². The van der Waals surface area contributed by atoms with Crippen LogP contribution >= 0.6 is 0 Å². The van der Waals surface area contributed by atoms with Gasteiger partial charge in [0.1, 0.15) is 11.4 Å². The molecule has 0 aliphatic heterocycles. The fraction of sp³-hybridized carbons (Fsp3) is 0.733. The maximum absolute atomic E-state index is 12.0. The number of esters is 1. The molecule has 0 aromatic heterocycles. The van der Waals surface area contributed by atoms with Crippen molar-refractivity contribution >= 4 is 11.8 Å². The van der Waals surface area contributed by atoms with Gasteiger partial charge in [0.15, 0.2) is 0 Å². The quantitative estimate of drug-likeness (QED) is 0.569. The van der Waals surface area contributed by atoms with Crippen molar-refractivity contribution in [3.05, 3.63) is 12.2 Å². The molecule has 4 aliphatic rings. The van der Waals surface area contributed by atoms with E-state index in [1.54, 1.807) is 0 Å². The van der Waals surface area contributed by atoms with E-state index in [0.717, 1.165) is 32.1 Å². The van der Waals surface area contributed by atoms with Crippen molar-refractivity contribution in [1.82, 2.24) is 0 Å². The standard InChI is InChI=1S/C15H20O3/c1-3-9(2)14(17)18-15-6-10-4-11(7-15)13(16)12(5-10)8-15/h10-12H,2-8H2,1H3. The van der Waals surface area contributed by atoms with Gasteiger partial charge in [-0.15, -0.1) is 0 Å². The monoisotopic (exact) mass is 248 g/mol. The first kappa shape index (κ1) is 11.9. The summed E-state index contributed by atoms with van der Waals surface area (Å²) in [6.45, 7) is 5.65. The fourth-order valence-electron chi connectivity index (χ4n) is 4.21. The van der Waals surface area contributed by atoms with Crippen molar-refractivity contribution in [2.75, 3.05) is 0 Å². The average Bonchev–Trinajstić information content (AvgIpc) is 2.33. The third-order valence-electron chi connectivity index (χ3n) is 4.96. The summed E-state index contributed by atoms with van der Waals surface area (Å²) in [6, 6.07) is 0. The van der Waals surface area contributed by atoms with Crippen molar-refractivity contribution in [1.29, 1.82) is 0 Å². The first-order valence-electron chi connectivity index (χ1n) is 6.98. The summed E-state index contributed by atoms with van der Waals surface area (Å²) in [5, 5.41) is 0. The zero-order valence-corrected chi connectivity index (χ0v) is 10.9. The van der Waals surface area contributed by atoms with Crippen molar-refractivity contribution in [2.24, 2.45) is 17.8 Å². The minimum absolute atomic E-state index is 0.152. The van der Waals surface area contributed by atoms with Crippen molar-refractivity contribution in [3.8, 4) is 0 Å². The lowest BCUT2D eigenvalue weighted by Gasteiger charge is -2.54. The largest absolute Gasteiger partial charge is 0.456 e. The smallest absolute Gasteiger partial charge is 0.333 e. The first-order valence-corrected chi connectivity index (χ1v) is 6.98. The van der Waals surface area contributed by atoms with E-state index in [1.165, 1.54) is 0 Å². The second-order valence-corrected chi connectivity index (χ2v) is 6.28. The molecule has 4 saturated carbocycles. The summed E-state index contributed by atoms with van der Waals surface area (Å²) in [4.78, 5) is 24.0. The second kappa shape index (κ2) is 3.94. The molecule has 2 unspecified atom stereocenters. The van der Waals surface area contributed by atoms with Crippen LogP contribution in [-0.4, -0.2) is 17.4 Å². The third kappa shape index (κ3) is 1.72. The van der Waals surface area contributed by atoms with Gasteiger partial charge in [0.05, 0.1) is 0 Å². The number of carbonyl (C=O) groups is 2. The van der Waals surface area contributed by atoms with E-state index in [0.29, 0.717) is 23.7 Å². The number of ether oxygens (including phenoxy) is 1. The van der Waals surface area contributed by atoms with Crippen LogP contribution in [-0.2, 0) is 14.3 Å². The summed E-state index contributed by atoms with van der Waals surface area (Å²) < 4.78 is 5.76. The van der Waals surface area contributed by atoms with Crippen LogP contribution in [0.25, 0.3) is 0 Å². The molecule has 0 saturated heterocycles. The highest BCUT2D eigenvalue weighted by atomic mass is 16.6. The third-order valence-corrected chi connectivity index (χ3v) is 4.96. The van der Waals surface area contributed by atoms with E-state index in [9.17, 15) is 9.59 Å². The van der Waals surface area contributed by atoms with Crippen LogP contribution < -0.4 is 0 Å². The van der Waals surface area contributed by atoms with Gasteiger partial charge in [-0.2, -0.15) is 0 Å². The molecular formula is C15H20O3. The Morgan fingerprint density at radius 2 is 1.94 bits per heavy atom. The zero-order chi connectivity index (χ0) is 12.9. The number of hydrogen-bond acceptors (Lipinski definition) is 3. The highest BCUT2D eigenvalue weighted by Crippen LogP contribution is 2.55. The van der Waals surface area contributed by atoms with Crippen LogP contribution in [0.4, 0.5) is 0 Å². The minimum Gasteiger partial charge on any atom is -0.456 e. The Morgan fingerprint density at radius 3 is 2.50 bits per heavy atom. The zero-order valence-electron chi connectivity index (χ0n) is 10.9. The van der Waals surface area contributed by atoms with E-state index in [-0.39, 0.29) is 23.4 Å². The number of Topliss-reactive ketones (excluding diaryl/α,β-unsaturated/α-hetero) is 1. The van der Waals surface area contributed by atoms with Gasteiger partial charge in [0.2, 0.25) is 0 Å². The summed E-state index contributed by atoms with van der Waals surface area (Å²) in [5.74, 6) is 1.06. The minimum atomic E-state index is -0.348. The Kier molecular flexibility index (Phi) is 2.61. The first-order chi connectivity index (χ1) is 8.53. The summed E-state index contributed by atoms with van der Waals surface area (Å²) in [7, 11) is 0. The van der Waals surface area contributed by atoms with E-state index in [2.05, 4.69) is 6.58 Å². The van der Waals surface area contributed by atoms with E-state index in [1.807, 2.05) is 6.92 Å². The summed E-state index contributed by atoms with van der Waals surface area (Å²) in [5.41, 5.74) is 0.191. The molecule has 0 radical (unpaired) electrons. The predicted octanol–water partition coefficient (Wildman–Crippen LogP) is 2.64. The molecule has 0 aromatic rings. The number of ketones is 1. The van der Waals surface area contributed by atoms with Gasteiger partial charge in [-0.1, -0.05) is 13.5 Å². The maximum atomic E-state index is 12.0. The van der Waals surface area contributed by atoms with Gasteiger partial charge < -0.3 is 4.74 Å². The van der Waals surface area contributed by atoms with Crippen molar-refractivity contribution in [2.45, 2.75) is 51.0 Å². The molecule has 98 valence electrons.